The van der Waals surface area contributed by atoms with Crippen LogP contribution in [0.5, 0.6) is 0 Å². The van der Waals surface area contributed by atoms with Crippen LogP contribution in [0.25, 0.3) is 0 Å². The van der Waals surface area contributed by atoms with Crippen LogP contribution in [0.4, 0.5) is 9.18 Å². The van der Waals surface area contributed by atoms with Gasteiger partial charge in [-0.1, -0.05) is 58.4 Å². The largest absolute Gasteiger partial charge is 0.445 e. The van der Waals surface area contributed by atoms with Crippen LogP contribution in [0.15, 0.2) is 59.1 Å². The number of nitrogens with one attached hydrogen (secondary N) is 1. The van der Waals surface area contributed by atoms with Crippen molar-refractivity contribution in [2.45, 2.75) is 12.8 Å². The fourth-order valence-corrected chi connectivity index (χ4v) is 2.00. The summed E-state index contributed by atoms with van der Waals surface area (Å²) in [6.45, 7) is 0.0527. The van der Waals surface area contributed by atoms with E-state index >= 15 is 0 Å². The number of carbonyl (C=O) groups is 1. The molecule has 1 unspecified atom stereocenters. The lowest BCUT2D eigenvalue weighted by molar-refractivity contribution is 0.136. The summed E-state index contributed by atoms with van der Waals surface area (Å²) >= 11 is 3.29. The summed E-state index contributed by atoms with van der Waals surface area (Å²) in [7, 11) is 0. The number of hydrogen-bond acceptors (Lipinski definition) is 2. The Morgan fingerprint density at radius 3 is 2.48 bits per heavy atom. The number of amides is 1. The molecule has 0 spiro atoms. The molecule has 0 aliphatic rings. The molecule has 3 nitrogen and oxygen atoms in total. The van der Waals surface area contributed by atoms with Crippen LogP contribution in [0.3, 0.4) is 0 Å². The molecular formula is C16H15BrFNO2. The van der Waals surface area contributed by atoms with Crippen LogP contribution in [-0.2, 0) is 11.3 Å². The van der Waals surface area contributed by atoms with E-state index in [1.807, 2.05) is 30.3 Å². The summed E-state index contributed by atoms with van der Waals surface area (Å²) in [6, 6.07) is 16.2. The minimum Gasteiger partial charge on any atom is -0.445 e. The van der Waals surface area contributed by atoms with Gasteiger partial charge in [0.25, 0.3) is 0 Å². The number of alkyl carbamates (subject to hydrolysis) is 1. The highest BCUT2D eigenvalue weighted by molar-refractivity contribution is 9.10. The van der Waals surface area contributed by atoms with Gasteiger partial charge in [0.1, 0.15) is 12.8 Å². The van der Waals surface area contributed by atoms with Crippen molar-refractivity contribution in [1.29, 1.82) is 0 Å². The van der Waals surface area contributed by atoms with Crippen LogP contribution in [0.2, 0.25) is 0 Å². The smallest absolute Gasteiger partial charge is 0.407 e. The normalized spacial score (nSPS) is 11.7. The van der Waals surface area contributed by atoms with Gasteiger partial charge in [-0.15, -0.1) is 0 Å². The highest BCUT2D eigenvalue weighted by atomic mass is 79.9. The average Bonchev–Trinajstić information content (AvgIpc) is 2.52. The third-order valence-electron chi connectivity index (χ3n) is 2.87. The van der Waals surface area contributed by atoms with E-state index in [0.717, 1.165) is 10.0 Å². The maximum atomic E-state index is 13.9. The number of alkyl halides is 1. The molecule has 0 saturated heterocycles. The Labute approximate surface area is 131 Å². The molecule has 2 aromatic carbocycles. The summed E-state index contributed by atoms with van der Waals surface area (Å²) in [5.41, 5.74) is 1.40. The van der Waals surface area contributed by atoms with Crippen LogP contribution < -0.4 is 5.32 Å². The van der Waals surface area contributed by atoms with Crippen molar-refractivity contribution in [2.24, 2.45) is 0 Å². The van der Waals surface area contributed by atoms with E-state index in [-0.39, 0.29) is 13.2 Å². The Morgan fingerprint density at radius 2 is 1.81 bits per heavy atom. The van der Waals surface area contributed by atoms with E-state index in [2.05, 4.69) is 21.2 Å². The first-order chi connectivity index (χ1) is 10.1. The molecule has 2 rings (SSSR count). The number of carbonyl (C=O) groups excluding carboxylic acids is 1. The number of ether oxygens (including phenoxy) is 1. The quantitative estimate of drug-likeness (QED) is 0.867. The van der Waals surface area contributed by atoms with Crippen molar-refractivity contribution in [3.63, 3.8) is 0 Å². The molecule has 110 valence electrons. The van der Waals surface area contributed by atoms with E-state index in [1.165, 1.54) is 0 Å². The van der Waals surface area contributed by atoms with Gasteiger partial charge in [0.2, 0.25) is 0 Å². The molecule has 5 heteroatoms. The molecule has 0 saturated carbocycles. The first kappa shape index (κ1) is 15.5. The zero-order valence-corrected chi connectivity index (χ0v) is 12.8. The van der Waals surface area contributed by atoms with Gasteiger partial charge in [-0.3, -0.25) is 0 Å². The van der Waals surface area contributed by atoms with Gasteiger partial charge < -0.3 is 10.1 Å². The fourth-order valence-electron chi connectivity index (χ4n) is 1.74. The van der Waals surface area contributed by atoms with E-state index < -0.39 is 12.3 Å². The van der Waals surface area contributed by atoms with Gasteiger partial charge in [-0.25, -0.2) is 9.18 Å². The van der Waals surface area contributed by atoms with Crippen molar-refractivity contribution in [1.82, 2.24) is 5.32 Å². The molecule has 0 aliphatic heterocycles. The van der Waals surface area contributed by atoms with Crippen molar-refractivity contribution in [3.05, 3.63) is 70.2 Å². The first-order valence-electron chi connectivity index (χ1n) is 6.49. The van der Waals surface area contributed by atoms with Gasteiger partial charge in [0.15, 0.2) is 0 Å². The van der Waals surface area contributed by atoms with Crippen molar-refractivity contribution >= 4 is 22.0 Å². The lowest BCUT2D eigenvalue weighted by atomic mass is 10.1. The SMILES string of the molecule is O=C(NCC(F)c1ccc(Br)cc1)OCc1ccccc1. The minimum atomic E-state index is -1.26. The Kier molecular flexibility index (Phi) is 5.75. The summed E-state index contributed by atoms with van der Waals surface area (Å²) < 4.78 is 19.8. The van der Waals surface area contributed by atoms with E-state index in [9.17, 15) is 9.18 Å². The summed E-state index contributed by atoms with van der Waals surface area (Å²) in [6.07, 6.45) is -1.89. The monoisotopic (exact) mass is 351 g/mol. The summed E-state index contributed by atoms with van der Waals surface area (Å²) in [4.78, 5) is 11.5. The van der Waals surface area contributed by atoms with Crippen LogP contribution in [-0.4, -0.2) is 12.6 Å². The van der Waals surface area contributed by atoms with Gasteiger partial charge in [-0.2, -0.15) is 0 Å². The Morgan fingerprint density at radius 1 is 1.14 bits per heavy atom. The van der Waals surface area contributed by atoms with Crippen LogP contribution >= 0.6 is 15.9 Å². The Balaban J connectivity index is 1.74. The van der Waals surface area contributed by atoms with E-state index in [1.54, 1.807) is 24.3 Å². The number of benzene rings is 2. The molecule has 1 amide bonds. The summed E-state index contributed by atoms with van der Waals surface area (Å²) in [5, 5.41) is 2.42. The molecule has 0 bridgehead atoms. The summed E-state index contributed by atoms with van der Waals surface area (Å²) in [5.74, 6) is 0. The molecule has 1 N–H and O–H groups in total. The molecule has 21 heavy (non-hydrogen) atoms. The zero-order valence-electron chi connectivity index (χ0n) is 11.3. The second-order valence-electron chi connectivity index (χ2n) is 4.46. The first-order valence-corrected chi connectivity index (χ1v) is 7.28. The predicted molar refractivity (Wildman–Crippen MR) is 82.6 cm³/mol. The van der Waals surface area contributed by atoms with Gasteiger partial charge >= 0.3 is 6.09 Å². The molecule has 0 heterocycles. The van der Waals surface area contributed by atoms with Gasteiger partial charge in [0.05, 0.1) is 6.54 Å². The highest BCUT2D eigenvalue weighted by Crippen LogP contribution is 2.19. The maximum Gasteiger partial charge on any atom is 0.407 e. The molecule has 0 aliphatic carbocycles. The Hall–Kier alpha value is -1.88. The van der Waals surface area contributed by atoms with Crippen molar-refractivity contribution in [2.75, 3.05) is 6.54 Å². The fraction of sp³-hybridized carbons (Fsp3) is 0.188. The predicted octanol–water partition coefficient (Wildman–Crippen LogP) is 4.39. The third-order valence-corrected chi connectivity index (χ3v) is 3.40. The zero-order chi connectivity index (χ0) is 15.1. The van der Waals surface area contributed by atoms with E-state index in [0.29, 0.717) is 5.56 Å². The lowest BCUT2D eigenvalue weighted by Crippen LogP contribution is -2.27. The number of rotatable bonds is 5. The second-order valence-corrected chi connectivity index (χ2v) is 5.38. The van der Waals surface area contributed by atoms with Crippen molar-refractivity contribution < 1.29 is 13.9 Å². The highest BCUT2D eigenvalue weighted by Gasteiger charge is 2.11. The van der Waals surface area contributed by atoms with Crippen LogP contribution in [0.1, 0.15) is 17.3 Å². The lowest BCUT2D eigenvalue weighted by Gasteiger charge is -2.11. The van der Waals surface area contributed by atoms with E-state index in [4.69, 9.17) is 4.74 Å². The Bertz CT molecular complexity index is 575. The van der Waals surface area contributed by atoms with Gasteiger partial charge in [-0.05, 0) is 23.3 Å². The molecule has 2 aromatic rings. The molecule has 0 aromatic heterocycles. The molecule has 1 atom stereocenters. The molecule has 0 fully saturated rings. The minimum absolute atomic E-state index is 0.116. The van der Waals surface area contributed by atoms with Crippen LogP contribution in [0, 0.1) is 0 Å². The topological polar surface area (TPSA) is 38.3 Å². The standard InChI is InChI=1S/C16H15BrFNO2/c17-14-8-6-13(7-9-14)15(18)10-19-16(20)21-11-12-4-2-1-3-5-12/h1-9,15H,10-11H2,(H,19,20). The number of hydrogen-bond donors (Lipinski definition) is 1. The number of halogens is 2. The molecular weight excluding hydrogens is 337 g/mol. The second kappa shape index (κ2) is 7.78. The van der Waals surface area contributed by atoms with Crippen molar-refractivity contribution in [3.8, 4) is 0 Å². The maximum absolute atomic E-state index is 13.9. The average molecular weight is 352 g/mol. The molecule has 0 radical (unpaired) electrons. The van der Waals surface area contributed by atoms with Gasteiger partial charge in [0, 0.05) is 4.47 Å². The third kappa shape index (κ3) is 5.19.